The van der Waals surface area contributed by atoms with E-state index in [0.717, 1.165) is 22.7 Å². The van der Waals surface area contributed by atoms with Crippen molar-refractivity contribution < 1.29 is 22.4 Å². The number of carbonyl (C=O) groups is 2. The van der Waals surface area contributed by atoms with E-state index in [2.05, 4.69) is 21.2 Å². The lowest BCUT2D eigenvalue weighted by molar-refractivity contribution is -0.140. The number of nitrogens with zero attached hydrogens (tertiary/aromatic N) is 2. The highest BCUT2D eigenvalue weighted by atomic mass is 79.9. The molecule has 230 valence electrons. The van der Waals surface area contributed by atoms with Crippen LogP contribution in [0.15, 0.2) is 119 Å². The molecule has 0 saturated carbocycles. The first kappa shape index (κ1) is 32.9. The van der Waals surface area contributed by atoms with Gasteiger partial charge in [-0.25, -0.2) is 12.8 Å². The molecule has 0 aliphatic carbocycles. The Morgan fingerprint density at radius 2 is 1.55 bits per heavy atom. The number of amides is 2. The van der Waals surface area contributed by atoms with Gasteiger partial charge in [0, 0.05) is 29.5 Å². The van der Waals surface area contributed by atoms with E-state index < -0.39 is 40.2 Å². The number of benzene rings is 4. The highest BCUT2D eigenvalue weighted by Crippen LogP contribution is 2.27. The van der Waals surface area contributed by atoms with Crippen LogP contribution < -0.4 is 9.62 Å². The van der Waals surface area contributed by atoms with Gasteiger partial charge in [-0.15, -0.1) is 0 Å². The third-order valence-electron chi connectivity index (χ3n) is 7.11. The third-order valence-corrected chi connectivity index (χ3v) is 9.39. The SMILES string of the molecule is CCCCNC(=O)C(Cc1ccccc1)N(Cc1ccccc1F)C(=O)CN(c1cccc(Br)c1)S(=O)(=O)c1ccccc1. The minimum absolute atomic E-state index is 0.00609. The fourth-order valence-corrected chi connectivity index (χ4v) is 6.56. The van der Waals surface area contributed by atoms with E-state index in [1.807, 2.05) is 37.3 Å². The van der Waals surface area contributed by atoms with Gasteiger partial charge in [-0.2, -0.15) is 0 Å². The van der Waals surface area contributed by atoms with Gasteiger partial charge in [-0.3, -0.25) is 13.9 Å². The molecule has 0 saturated heterocycles. The van der Waals surface area contributed by atoms with Crippen LogP contribution in [0.25, 0.3) is 0 Å². The van der Waals surface area contributed by atoms with E-state index in [1.54, 1.807) is 60.7 Å². The van der Waals surface area contributed by atoms with Crippen molar-refractivity contribution in [2.24, 2.45) is 0 Å². The molecule has 1 N–H and O–H groups in total. The number of sulfonamides is 1. The van der Waals surface area contributed by atoms with Crippen LogP contribution in [0.1, 0.15) is 30.9 Å². The average molecular weight is 681 g/mol. The summed E-state index contributed by atoms with van der Waals surface area (Å²) in [5.41, 5.74) is 1.27. The Bertz CT molecular complexity index is 1660. The van der Waals surface area contributed by atoms with Gasteiger partial charge in [0.15, 0.2) is 0 Å². The van der Waals surface area contributed by atoms with Crippen molar-refractivity contribution in [1.82, 2.24) is 10.2 Å². The van der Waals surface area contributed by atoms with Crippen LogP contribution >= 0.6 is 15.9 Å². The summed E-state index contributed by atoms with van der Waals surface area (Å²) in [7, 11) is -4.21. The molecular weight excluding hydrogens is 645 g/mol. The minimum atomic E-state index is -4.21. The van der Waals surface area contributed by atoms with Crippen molar-refractivity contribution in [2.45, 2.75) is 43.7 Å². The molecule has 0 bridgehead atoms. The zero-order valence-corrected chi connectivity index (χ0v) is 26.8. The number of hydrogen-bond donors (Lipinski definition) is 1. The number of hydrogen-bond acceptors (Lipinski definition) is 4. The quantitative estimate of drug-likeness (QED) is 0.158. The summed E-state index contributed by atoms with van der Waals surface area (Å²) in [6.45, 7) is 1.57. The smallest absolute Gasteiger partial charge is 0.264 e. The number of nitrogens with one attached hydrogen (secondary N) is 1. The lowest BCUT2D eigenvalue weighted by Gasteiger charge is -2.34. The normalized spacial score (nSPS) is 11.9. The lowest BCUT2D eigenvalue weighted by atomic mass is 10.0. The first-order chi connectivity index (χ1) is 21.2. The predicted octanol–water partition coefficient (Wildman–Crippen LogP) is 6.34. The van der Waals surface area contributed by atoms with E-state index in [0.29, 0.717) is 11.0 Å². The first-order valence-corrected chi connectivity index (χ1v) is 16.6. The molecule has 4 rings (SSSR count). The van der Waals surface area contributed by atoms with Gasteiger partial charge >= 0.3 is 0 Å². The Kier molecular flexibility index (Phi) is 11.7. The fourth-order valence-electron chi connectivity index (χ4n) is 4.75. The summed E-state index contributed by atoms with van der Waals surface area (Å²) < 4.78 is 44.6. The Labute approximate surface area is 266 Å². The van der Waals surface area contributed by atoms with Crippen LogP contribution in [0.5, 0.6) is 0 Å². The highest BCUT2D eigenvalue weighted by molar-refractivity contribution is 9.10. The molecule has 4 aromatic carbocycles. The molecule has 10 heteroatoms. The number of carbonyl (C=O) groups excluding carboxylic acids is 2. The summed E-state index contributed by atoms with van der Waals surface area (Å²) in [6.07, 6.45) is 1.76. The summed E-state index contributed by atoms with van der Waals surface area (Å²) in [5.74, 6) is -1.58. The van der Waals surface area contributed by atoms with Crippen molar-refractivity contribution in [3.8, 4) is 0 Å². The zero-order valence-electron chi connectivity index (χ0n) is 24.4. The molecular formula is C34H35BrFN3O4S. The molecule has 0 aliphatic heterocycles. The fraction of sp³-hybridized carbons (Fsp3) is 0.235. The van der Waals surface area contributed by atoms with E-state index in [-0.39, 0.29) is 29.1 Å². The Hall–Kier alpha value is -4.02. The maximum absolute atomic E-state index is 15.0. The summed E-state index contributed by atoms with van der Waals surface area (Å²) in [4.78, 5) is 29.4. The van der Waals surface area contributed by atoms with E-state index in [4.69, 9.17) is 0 Å². The molecule has 0 fully saturated rings. The molecule has 4 aromatic rings. The minimum Gasteiger partial charge on any atom is -0.354 e. The molecule has 7 nitrogen and oxygen atoms in total. The molecule has 0 spiro atoms. The Balaban J connectivity index is 1.79. The largest absolute Gasteiger partial charge is 0.354 e. The number of rotatable bonds is 14. The van der Waals surface area contributed by atoms with Crippen LogP contribution in [0, 0.1) is 5.82 Å². The van der Waals surface area contributed by atoms with Gasteiger partial charge < -0.3 is 10.2 Å². The molecule has 0 heterocycles. The number of unbranched alkanes of at least 4 members (excludes halogenated alkanes) is 1. The summed E-state index contributed by atoms with van der Waals surface area (Å²) >= 11 is 3.40. The van der Waals surface area contributed by atoms with Crippen molar-refractivity contribution in [3.05, 3.63) is 131 Å². The van der Waals surface area contributed by atoms with Gasteiger partial charge in [0.2, 0.25) is 11.8 Å². The van der Waals surface area contributed by atoms with Crippen molar-refractivity contribution in [2.75, 3.05) is 17.4 Å². The van der Waals surface area contributed by atoms with Gasteiger partial charge in [0.1, 0.15) is 18.4 Å². The second-order valence-electron chi connectivity index (χ2n) is 10.3. The molecule has 1 unspecified atom stereocenters. The van der Waals surface area contributed by atoms with E-state index in [9.17, 15) is 22.4 Å². The predicted molar refractivity (Wildman–Crippen MR) is 174 cm³/mol. The van der Waals surface area contributed by atoms with Gasteiger partial charge in [-0.1, -0.05) is 102 Å². The third kappa shape index (κ3) is 8.54. The standard InChI is InChI=1S/C34H35BrFN3O4S/c1-2-3-21-37-34(41)32(22-26-13-6-4-7-14-26)38(24-27-15-10-11-20-31(27)36)33(40)25-39(29-17-12-16-28(35)23-29)44(42,43)30-18-8-5-9-19-30/h4-20,23,32H,2-3,21-22,24-25H2,1H3,(H,37,41). The molecule has 0 aromatic heterocycles. The molecule has 2 amide bonds. The first-order valence-electron chi connectivity index (χ1n) is 14.4. The maximum Gasteiger partial charge on any atom is 0.264 e. The highest BCUT2D eigenvalue weighted by Gasteiger charge is 2.35. The zero-order chi connectivity index (χ0) is 31.5. The van der Waals surface area contributed by atoms with Gasteiger partial charge in [-0.05, 0) is 48.4 Å². The molecule has 1 atom stereocenters. The molecule has 44 heavy (non-hydrogen) atoms. The van der Waals surface area contributed by atoms with Crippen molar-refractivity contribution >= 4 is 43.5 Å². The van der Waals surface area contributed by atoms with Gasteiger partial charge in [0.05, 0.1) is 10.6 Å². The average Bonchev–Trinajstić information content (AvgIpc) is 3.03. The van der Waals surface area contributed by atoms with Crippen LogP contribution in [0.2, 0.25) is 0 Å². The molecule has 0 radical (unpaired) electrons. The number of anilines is 1. The summed E-state index contributed by atoms with van der Waals surface area (Å²) in [5, 5.41) is 2.92. The van der Waals surface area contributed by atoms with Crippen LogP contribution in [0.3, 0.4) is 0 Å². The second kappa shape index (κ2) is 15.6. The Morgan fingerprint density at radius 3 is 2.20 bits per heavy atom. The van der Waals surface area contributed by atoms with E-state index in [1.165, 1.54) is 23.1 Å². The summed E-state index contributed by atoms with van der Waals surface area (Å²) in [6, 6.07) is 28.7. The topological polar surface area (TPSA) is 86.8 Å². The second-order valence-corrected chi connectivity index (χ2v) is 13.0. The maximum atomic E-state index is 15.0. The van der Waals surface area contributed by atoms with E-state index >= 15 is 0 Å². The van der Waals surface area contributed by atoms with Crippen LogP contribution in [0.4, 0.5) is 10.1 Å². The number of halogens is 2. The monoisotopic (exact) mass is 679 g/mol. The van der Waals surface area contributed by atoms with Crippen LogP contribution in [-0.4, -0.2) is 44.3 Å². The van der Waals surface area contributed by atoms with Crippen LogP contribution in [-0.2, 0) is 32.6 Å². The van der Waals surface area contributed by atoms with Crippen molar-refractivity contribution in [1.29, 1.82) is 0 Å². The lowest BCUT2D eigenvalue weighted by Crippen LogP contribution is -2.53. The molecule has 0 aliphatic rings. The Morgan fingerprint density at radius 1 is 0.886 bits per heavy atom. The van der Waals surface area contributed by atoms with Crippen molar-refractivity contribution in [3.63, 3.8) is 0 Å². The van der Waals surface area contributed by atoms with Gasteiger partial charge in [0.25, 0.3) is 10.0 Å².